The highest BCUT2D eigenvalue weighted by atomic mass is 16.5. The number of allylic oxidation sites excluding steroid dienone is 1. The van der Waals surface area contributed by atoms with Gasteiger partial charge in [-0.15, -0.1) is 0 Å². The number of aromatic nitrogens is 2. The number of piperidine rings is 1. The SMILES string of the molecule is NC=C(C=NC1CCNCC1)Nc1ncc2cccc(-c3cccc4c3OCC4)c2n1. The van der Waals surface area contributed by atoms with Crippen molar-refractivity contribution in [2.45, 2.75) is 25.3 Å². The van der Waals surface area contributed by atoms with Crippen LogP contribution in [0.4, 0.5) is 5.95 Å². The molecule has 0 aliphatic carbocycles. The third-order valence-corrected chi connectivity index (χ3v) is 5.78. The Balaban J connectivity index is 1.45. The van der Waals surface area contributed by atoms with Gasteiger partial charge in [-0.2, -0.15) is 0 Å². The first-order chi connectivity index (χ1) is 15.3. The number of rotatable bonds is 5. The summed E-state index contributed by atoms with van der Waals surface area (Å²) in [4.78, 5) is 14.0. The molecule has 1 fully saturated rings. The van der Waals surface area contributed by atoms with Crippen LogP contribution in [0.25, 0.3) is 22.0 Å². The molecule has 158 valence electrons. The molecule has 1 saturated heterocycles. The Bertz CT molecular complexity index is 1150. The molecule has 3 aromatic rings. The first-order valence-corrected chi connectivity index (χ1v) is 10.8. The second kappa shape index (κ2) is 8.73. The smallest absolute Gasteiger partial charge is 0.227 e. The molecule has 4 N–H and O–H groups in total. The Kier molecular flexibility index (Phi) is 5.50. The fraction of sp³-hybridized carbons (Fsp3) is 0.292. The van der Waals surface area contributed by atoms with Crippen molar-refractivity contribution in [1.82, 2.24) is 15.3 Å². The third-order valence-electron chi connectivity index (χ3n) is 5.78. The van der Waals surface area contributed by atoms with Crippen molar-refractivity contribution in [3.63, 3.8) is 0 Å². The number of ether oxygens (including phenoxy) is 1. The van der Waals surface area contributed by atoms with Crippen molar-refractivity contribution < 1.29 is 4.74 Å². The molecule has 0 bridgehead atoms. The van der Waals surface area contributed by atoms with Crippen LogP contribution < -0.4 is 21.1 Å². The minimum absolute atomic E-state index is 0.322. The van der Waals surface area contributed by atoms with Gasteiger partial charge >= 0.3 is 0 Å². The lowest BCUT2D eigenvalue weighted by atomic mass is 9.99. The number of anilines is 1. The number of benzene rings is 2. The van der Waals surface area contributed by atoms with Crippen LogP contribution in [0.5, 0.6) is 5.75 Å². The van der Waals surface area contributed by atoms with Crippen LogP contribution in [0.1, 0.15) is 18.4 Å². The number of hydrogen-bond acceptors (Lipinski definition) is 7. The molecular formula is C24H26N6O. The summed E-state index contributed by atoms with van der Waals surface area (Å²) in [5.41, 5.74) is 10.7. The lowest BCUT2D eigenvalue weighted by Crippen LogP contribution is -2.30. The van der Waals surface area contributed by atoms with Gasteiger partial charge in [-0.3, -0.25) is 4.99 Å². The number of nitrogens with zero attached hydrogens (tertiary/aromatic N) is 3. The third kappa shape index (κ3) is 4.09. The zero-order valence-corrected chi connectivity index (χ0v) is 17.3. The molecule has 7 nitrogen and oxygen atoms in total. The number of fused-ring (bicyclic) bond motifs is 2. The van der Waals surface area contributed by atoms with Gasteiger partial charge in [0.1, 0.15) is 5.75 Å². The van der Waals surface area contributed by atoms with E-state index in [1.54, 1.807) is 6.21 Å². The molecule has 0 unspecified atom stereocenters. The van der Waals surface area contributed by atoms with Crippen LogP contribution in [-0.4, -0.2) is 41.9 Å². The summed E-state index contributed by atoms with van der Waals surface area (Å²) in [6.45, 7) is 2.72. The van der Waals surface area contributed by atoms with Gasteiger partial charge in [0.05, 0.1) is 23.9 Å². The van der Waals surface area contributed by atoms with Gasteiger partial charge in [-0.25, -0.2) is 9.97 Å². The fourth-order valence-corrected chi connectivity index (χ4v) is 4.15. The van der Waals surface area contributed by atoms with Gasteiger partial charge in [-0.1, -0.05) is 36.4 Å². The van der Waals surface area contributed by atoms with Gasteiger partial charge in [0.25, 0.3) is 0 Å². The predicted molar refractivity (Wildman–Crippen MR) is 124 cm³/mol. The summed E-state index contributed by atoms with van der Waals surface area (Å²) in [5, 5.41) is 7.53. The van der Waals surface area contributed by atoms with Crippen molar-refractivity contribution in [3.8, 4) is 16.9 Å². The molecule has 3 heterocycles. The molecule has 0 atom stereocenters. The second-order valence-corrected chi connectivity index (χ2v) is 7.84. The summed E-state index contributed by atoms with van der Waals surface area (Å²) >= 11 is 0. The largest absolute Gasteiger partial charge is 0.492 e. The number of nitrogens with two attached hydrogens (primary N) is 1. The fourth-order valence-electron chi connectivity index (χ4n) is 4.15. The Morgan fingerprint density at radius 3 is 2.87 bits per heavy atom. The monoisotopic (exact) mass is 414 g/mol. The van der Waals surface area contributed by atoms with Crippen LogP contribution in [0, 0.1) is 0 Å². The Hall–Kier alpha value is -3.45. The first kappa shape index (κ1) is 19.5. The highest BCUT2D eigenvalue weighted by Gasteiger charge is 2.19. The summed E-state index contributed by atoms with van der Waals surface area (Å²) < 4.78 is 5.93. The molecule has 0 saturated carbocycles. The van der Waals surface area contributed by atoms with Gasteiger partial charge in [0.2, 0.25) is 5.95 Å². The minimum atomic E-state index is 0.322. The standard InChI is InChI=1S/C24H26N6O/c25-13-19(15-27-18-7-10-26-11-8-18)29-24-28-14-17-4-2-5-20(22(17)30-24)21-6-1-3-16-9-12-31-23(16)21/h1-6,13-15,18,26H,7-12,25H2,(H,28,29,30). The molecule has 31 heavy (non-hydrogen) atoms. The van der Waals surface area contributed by atoms with Crippen molar-refractivity contribution in [2.75, 3.05) is 25.0 Å². The maximum Gasteiger partial charge on any atom is 0.227 e. The van der Waals surface area contributed by atoms with E-state index in [0.29, 0.717) is 17.7 Å². The average molecular weight is 415 g/mol. The highest BCUT2D eigenvalue weighted by molar-refractivity contribution is 5.96. The number of para-hydroxylation sites is 2. The normalized spacial score (nSPS) is 17.1. The van der Waals surface area contributed by atoms with E-state index in [4.69, 9.17) is 15.5 Å². The number of hydrogen-bond donors (Lipinski definition) is 3. The minimum Gasteiger partial charge on any atom is -0.492 e. The van der Waals surface area contributed by atoms with E-state index in [1.807, 2.05) is 18.3 Å². The molecule has 2 aliphatic heterocycles. The summed E-state index contributed by atoms with van der Waals surface area (Å²) in [6, 6.07) is 12.7. The van der Waals surface area contributed by atoms with Crippen LogP contribution in [-0.2, 0) is 6.42 Å². The molecule has 5 rings (SSSR count). The summed E-state index contributed by atoms with van der Waals surface area (Å²) in [5.74, 6) is 1.45. The highest BCUT2D eigenvalue weighted by Crippen LogP contribution is 2.39. The maximum absolute atomic E-state index is 5.93. The van der Waals surface area contributed by atoms with Crippen LogP contribution in [0.15, 0.2) is 59.5 Å². The molecule has 2 aromatic carbocycles. The quantitative estimate of drug-likeness (QED) is 0.555. The summed E-state index contributed by atoms with van der Waals surface area (Å²) in [7, 11) is 0. The molecule has 2 aliphatic rings. The maximum atomic E-state index is 5.93. The zero-order chi connectivity index (χ0) is 21.0. The van der Waals surface area contributed by atoms with E-state index < -0.39 is 0 Å². The Morgan fingerprint density at radius 1 is 1.16 bits per heavy atom. The topological polar surface area (TPSA) is 97.5 Å². The van der Waals surface area contributed by atoms with Gasteiger partial charge in [-0.05, 0) is 31.5 Å². The van der Waals surface area contributed by atoms with Gasteiger partial charge in [0, 0.05) is 41.5 Å². The van der Waals surface area contributed by atoms with E-state index in [2.05, 4.69) is 44.9 Å². The van der Waals surface area contributed by atoms with Gasteiger partial charge < -0.3 is 21.1 Å². The summed E-state index contributed by atoms with van der Waals surface area (Å²) in [6.07, 6.45) is 8.13. The van der Waals surface area contributed by atoms with Gasteiger partial charge in [0.15, 0.2) is 0 Å². The lowest BCUT2D eigenvalue weighted by Gasteiger charge is -2.18. The number of aliphatic imine (C=N–C) groups is 1. The molecule has 1 aromatic heterocycles. The van der Waals surface area contributed by atoms with E-state index in [1.165, 1.54) is 11.8 Å². The first-order valence-electron chi connectivity index (χ1n) is 10.8. The predicted octanol–water partition coefficient (Wildman–Crippen LogP) is 3.27. The molecule has 0 amide bonds. The van der Waals surface area contributed by atoms with Crippen molar-refractivity contribution in [1.29, 1.82) is 0 Å². The van der Waals surface area contributed by atoms with E-state index >= 15 is 0 Å². The molecule has 0 spiro atoms. The lowest BCUT2D eigenvalue weighted by molar-refractivity contribution is 0.358. The van der Waals surface area contributed by atoms with Crippen molar-refractivity contribution >= 4 is 23.1 Å². The van der Waals surface area contributed by atoms with Crippen LogP contribution in [0.3, 0.4) is 0 Å². The molecular weight excluding hydrogens is 388 g/mol. The Morgan fingerprint density at radius 2 is 2.00 bits per heavy atom. The van der Waals surface area contributed by atoms with Crippen LogP contribution >= 0.6 is 0 Å². The van der Waals surface area contributed by atoms with E-state index in [0.717, 1.165) is 66.7 Å². The second-order valence-electron chi connectivity index (χ2n) is 7.84. The van der Waals surface area contributed by atoms with E-state index in [9.17, 15) is 0 Å². The van der Waals surface area contributed by atoms with Crippen LogP contribution in [0.2, 0.25) is 0 Å². The van der Waals surface area contributed by atoms with Crippen molar-refractivity contribution in [3.05, 3.63) is 60.1 Å². The van der Waals surface area contributed by atoms with Crippen molar-refractivity contribution in [2.24, 2.45) is 10.7 Å². The zero-order valence-electron chi connectivity index (χ0n) is 17.3. The Labute approximate surface area is 181 Å². The van der Waals surface area contributed by atoms with E-state index in [-0.39, 0.29) is 0 Å². The average Bonchev–Trinajstić information content (AvgIpc) is 3.31. The molecule has 0 radical (unpaired) electrons. The molecule has 7 heteroatoms. The number of nitrogens with one attached hydrogen (secondary N) is 2.